The second-order valence-corrected chi connectivity index (χ2v) is 8.65. The molecule has 23 heavy (non-hydrogen) atoms. The number of ether oxygens (including phenoxy) is 1. The molecule has 0 aromatic heterocycles. The third-order valence-corrected chi connectivity index (χ3v) is 7.61. The van der Waals surface area contributed by atoms with E-state index in [-0.39, 0.29) is 17.5 Å². The number of fused-ring (bicyclic) bond motifs is 5. The Bertz CT molecular complexity index is 528. The molecule has 0 heterocycles. The number of allylic oxidation sites excluding steroid dienone is 2. The van der Waals surface area contributed by atoms with E-state index < -0.39 is 6.17 Å². The van der Waals surface area contributed by atoms with Gasteiger partial charge in [-0.1, -0.05) is 18.6 Å². The Labute approximate surface area is 138 Å². The van der Waals surface area contributed by atoms with Crippen LogP contribution in [0.25, 0.3) is 0 Å². The van der Waals surface area contributed by atoms with Crippen LogP contribution in [-0.4, -0.2) is 18.2 Å². The summed E-state index contributed by atoms with van der Waals surface area (Å²) in [6.45, 7) is 3.89. The molecule has 0 aromatic carbocycles. The van der Waals surface area contributed by atoms with Gasteiger partial charge in [0.05, 0.1) is 0 Å². The average Bonchev–Trinajstić information content (AvgIpc) is 2.83. The maximum Gasteiger partial charge on any atom is 0.302 e. The zero-order valence-corrected chi connectivity index (χ0v) is 14.4. The molecule has 4 aliphatic carbocycles. The number of carbonyl (C=O) groups is 1. The van der Waals surface area contributed by atoms with Gasteiger partial charge in [-0.3, -0.25) is 4.79 Å². The Morgan fingerprint density at radius 2 is 2.04 bits per heavy atom. The molecule has 0 saturated heterocycles. The van der Waals surface area contributed by atoms with E-state index in [1.165, 1.54) is 31.8 Å². The lowest BCUT2D eigenvalue weighted by molar-refractivity contribution is -0.155. The lowest BCUT2D eigenvalue weighted by Crippen LogP contribution is -2.48. The first-order chi connectivity index (χ1) is 11.0. The molecule has 0 aliphatic heterocycles. The Balaban J connectivity index is 1.57. The number of hydrogen-bond donors (Lipinski definition) is 0. The fourth-order valence-corrected chi connectivity index (χ4v) is 6.57. The first kappa shape index (κ1) is 15.7. The van der Waals surface area contributed by atoms with Crippen molar-refractivity contribution in [3.8, 4) is 0 Å². The standard InChI is InChI=1S/C20H29FO2/c1-12(22)23-19-8-7-18-17-5-3-13-11-14(21)4-6-15(13)16(17)9-10-20(18,19)2/h3,14-19H,4-11H2,1-2H3. The van der Waals surface area contributed by atoms with Gasteiger partial charge in [-0.15, -0.1) is 0 Å². The third kappa shape index (κ3) is 2.46. The number of carbonyl (C=O) groups excluding carboxylic acids is 1. The van der Waals surface area contributed by atoms with Crippen molar-refractivity contribution in [3.63, 3.8) is 0 Å². The molecule has 0 aromatic rings. The van der Waals surface area contributed by atoms with E-state index in [0.29, 0.717) is 18.3 Å². The van der Waals surface area contributed by atoms with E-state index >= 15 is 0 Å². The third-order valence-electron chi connectivity index (χ3n) is 7.61. The molecule has 4 aliphatic rings. The van der Waals surface area contributed by atoms with Crippen molar-refractivity contribution in [2.24, 2.45) is 29.1 Å². The topological polar surface area (TPSA) is 26.3 Å². The lowest BCUT2D eigenvalue weighted by Gasteiger charge is -2.53. The summed E-state index contributed by atoms with van der Waals surface area (Å²) in [7, 11) is 0. The van der Waals surface area contributed by atoms with Gasteiger partial charge in [0.25, 0.3) is 0 Å². The van der Waals surface area contributed by atoms with Gasteiger partial charge in [0.1, 0.15) is 12.3 Å². The number of rotatable bonds is 1. The minimum atomic E-state index is -0.609. The number of halogens is 1. The molecular formula is C20H29FO2. The zero-order chi connectivity index (χ0) is 16.2. The van der Waals surface area contributed by atoms with Crippen molar-refractivity contribution < 1.29 is 13.9 Å². The normalized spacial score (nSPS) is 48.7. The van der Waals surface area contributed by atoms with Crippen LogP contribution >= 0.6 is 0 Å². The van der Waals surface area contributed by atoms with Gasteiger partial charge in [0.2, 0.25) is 0 Å². The molecule has 128 valence electrons. The SMILES string of the molecule is CC(=O)OC1CCC2C3CC=C4CC(F)CCC4C3CCC12C. The molecule has 2 nitrogen and oxygen atoms in total. The molecule has 3 saturated carbocycles. The van der Waals surface area contributed by atoms with E-state index in [2.05, 4.69) is 13.0 Å². The zero-order valence-electron chi connectivity index (χ0n) is 14.4. The fourth-order valence-electron chi connectivity index (χ4n) is 6.57. The predicted molar refractivity (Wildman–Crippen MR) is 87.5 cm³/mol. The maximum absolute atomic E-state index is 13.7. The second kappa shape index (κ2) is 5.60. The van der Waals surface area contributed by atoms with Crippen molar-refractivity contribution in [2.45, 2.75) is 77.5 Å². The molecule has 0 spiro atoms. The van der Waals surface area contributed by atoms with Gasteiger partial charge in [0.15, 0.2) is 0 Å². The van der Waals surface area contributed by atoms with Crippen LogP contribution in [0.15, 0.2) is 11.6 Å². The van der Waals surface area contributed by atoms with Gasteiger partial charge in [0, 0.05) is 12.3 Å². The van der Waals surface area contributed by atoms with E-state index in [4.69, 9.17) is 4.74 Å². The van der Waals surface area contributed by atoms with Crippen molar-refractivity contribution in [3.05, 3.63) is 11.6 Å². The van der Waals surface area contributed by atoms with Gasteiger partial charge >= 0.3 is 5.97 Å². The van der Waals surface area contributed by atoms with Crippen molar-refractivity contribution in [2.75, 3.05) is 0 Å². The average molecular weight is 320 g/mol. The van der Waals surface area contributed by atoms with Crippen LogP contribution in [0, 0.1) is 29.1 Å². The summed E-state index contributed by atoms with van der Waals surface area (Å²) in [6, 6.07) is 0. The highest BCUT2D eigenvalue weighted by atomic mass is 19.1. The number of hydrogen-bond acceptors (Lipinski definition) is 2. The summed E-state index contributed by atoms with van der Waals surface area (Å²) in [6.07, 6.45) is 10.1. The monoisotopic (exact) mass is 320 g/mol. The summed E-state index contributed by atoms with van der Waals surface area (Å²) in [5.41, 5.74) is 1.58. The quantitative estimate of drug-likeness (QED) is 0.511. The largest absolute Gasteiger partial charge is 0.462 e. The van der Waals surface area contributed by atoms with Gasteiger partial charge in [-0.2, -0.15) is 0 Å². The first-order valence-corrected chi connectivity index (χ1v) is 9.49. The van der Waals surface area contributed by atoms with Crippen LogP contribution < -0.4 is 0 Å². The van der Waals surface area contributed by atoms with Gasteiger partial charge in [-0.25, -0.2) is 4.39 Å². The minimum Gasteiger partial charge on any atom is -0.462 e. The summed E-state index contributed by atoms with van der Waals surface area (Å²) >= 11 is 0. The molecule has 4 rings (SSSR count). The smallest absolute Gasteiger partial charge is 0.302 e. The summed E-state index contributed by atoms with van der Waals surface area (Å²) in [5.74, 6) is 2.64. The molecule has 0 amide bonds. The van der Waals surface area contributed by atoms with Gasteiger partial charge in [-0.05, 0) is 75.0 Å². The van der Waals surface area contributed by atoms with E-state index in [0.717, 1.165) is 37.5 Å². The molecule has 0 radical (unpaired) electrons. The Morgan fingerprint density at radius 1 is 1.22 bits per heavy atom. The Morgan fingerprint density at radius 3 is 2.83 bits per heavy atom. The molecule has 3 heteroatoms. The van der Waals surface area contributed by atoms with E-state index in [1.54, 1.807) is 0 Å². The Kier molecular flexibility index (Phi) is 3.81. The van der Waals surface area contributed by atoms with Crippen LogP contribution in [0.3, 0.4) is 0 Å². The van der Waals surface area contributed by atoms with Crippen molar-refractivity contribution in [1.29, 1.82) is 0 Å². The highest BCUT2D eigenvalue weighted by Gasteiger charge is 2.57. The summed E-state index contributed by atoms with van der Waals surface area (Å²) in [5, 5.41) is 0. The van der Waals surface area contributed by atoms with Crippen LogP contribution in [-0.2, 0) is 9.53 Å². The molecule has 7 atom stereocenters. The first-order valence-electron chi connectivity index (χ1n) is 9.49. The van der Waals surface area contributed by atoms with Crippen LogP contribution in [0.5, 0.6) is 0 Å². The van der Waals surface area contributed by atoms with Gasteiger partial charge < -0.3 is 4.74 Å². The summed E-state index contributed by atoms with van der Waals surface area (Å²) < 4.78 is 19.4. The van der Waals surface area contributed by atoms with Crippen molar-refractivity contribution in [1.82, 2.24) is 0 Å². The number of esters is 1. The summed E-state index contributed by atoms with van der Waals surface area (Å²) in [4.78, 5) is 11.5. The van der Waals surface area contributed by atoms with Crippen molar-refractivity contribution >= 4 is 5.97 Å². The fraction of sp³-hybridized carbons (Fsp3) is 0.850. The maximum atomic E-state index is 13.7. The molecule has 7 unspecified atom stereocenters. The molecule has 0 N–H and O–H groups in total. The van der Waals surface area contributed by atoms with Crippen LogP contribution in [0.2, 0.25) is 0 Å². The number of alkyl halides is 1. The molecular weight excluding hydrogens is 291 g/mol. The predicted octanol–water partition coefficient (Wildman–Crippen LogP) is 4.83. The lowest BCUT2D eigenvalue weighted by atomic mass is 9.53. The minimum absolute atomic E-state index is 0.109. The molecule has 3 fully saturated rings. The highest BCUT2D eigenvalue weighted by molar-refractivity contribution is 5.66. The van der Waals surface area contributed by atoms with Crippen LogP contribution in [0.4, 0.5) is 4.39 Å². The van der Waals surface area contributed by atoms with E-state index in [1.807, 2.05) is 0 Å². The highest BCUT2D eigenvalue weighted by Crippen LogP contribution is 2.62. The van der Waals surface area contributed by atoms with E-state index in [9.17, 15) is 9.18 Å². The van der Waals surface area contributed by atoms with Crippen LogP contribution in [0.1, 0.15) is 65.2 Å². The second-order valence-electron chi connectivity index (χ2n) is 8.65. The Hall–Kier alpha value is -0.860. The molecule has 0 bridgehead atoms.